The van der Waals surface area contributed by atoms with Gasteiger partial charge in [0.05, 0.1) is 11.7 Å². The summed E-state index contributed by atoms with van der Waals surface area (Å²) in [5.41, 5.74) is 8.71. The summed E-state index contributed by atoms with van der Waals surface area (Å²) in [6.45, 7) is 3.81. The van der Waals surface area contributed by atoms with Gasteiger partial charge < -0.3 is 11.1 Å². The van der Waals surface area contributed by atoms with Gasteiger partial charge in [0.1, 0.15) is 0 Å². The number of aromatic nitrogens is 1. The number of nitrogens with two attached hydrogens (primary N) is 1. The molecule has 2 aromatic rings. The highest BCUT2D eigenvalue weighted by Crippen LogP contribution is 2.13. The Morgan fingerprint density at radius 2 is 2.11 bits per heavy atom. The van der Waals surface area contributed by atoms with Crippen molar-refractivity contribution in [2.24, 2.45) is 0 Å². The van der Waals surface area contributed by atoms with E-state index in [0.717, 1.165) is 11.3 Å². The zero-order chi connectivity index (χ0) is 13.8. The summed E-state index contributed by atoms with van der Waals surface area (Å²) in [6, 6.07) is 10.8. The third kappa shape index (κ3) is 3.31. The molecule has 4 nitrogen and oxygen atoms in total. The van der Waals surface area contributed by atoms with E-state index in [4.69, 9.17) is 5.73 Å². The van der Waals surface area contributed by atoms with Crippen LogP contribution in [0.5, 0.6) is 0 Å². The van der Waals surface area contributed by atoms with E-state index in [1.54, 1.807) is 12.3 Å². The number of benzene rings is 1. The van der Waals surface area contributed by atoms with Crippen LogP contribution in [0.3, 0.4) is 0 Å². The minimum atomic E-state index is -0.145. The van der Waals surface area contributed by atoms with E-state index in [-0.39, 0.29) is 11.9 Å². The molecule has 1 heterocycles. The minimum Gasteiger partial charge on any atom is -0.399 e. The molecule has 1 aromatic heterocycles. The molecule has 0 aliphatic rings. The topological polar surface area (TPSA) is 68.0 Å². The average molecular weight is 255 g/mol. The number of anilines is 1. The molecule has 0 spiro atoms. The van der Waals surface area contributed by atoms with Gasteiger partial charge in [0.2, 0.25) is 0 Å². The number of pyridine rings is 1. The summed E-state index contributed by atoms with van der Waals surface area (Å²) < 4.78 is 0. The first-order chi connectivity index (χ1) is 9.06. The summed E-state index contributed by atoms with van der Waals surface area (Å²) >= 11 is 0. The average Bonchev–Trinajstić information content (AvgIpc) is 2.38. The van der Waals surface area contributed by atoms with E-state index >= 15 is 0 Å². The van der Waals surface area contributed by atoms with Crippen molar-refractivity contribution in [1.29, 1.82) is 0 Å². The third-order valence-corrected chi connectivity index (χ3v) is 2.84. The van der Waals surface area contributed by atoms with Crippen LogP contribution in [0.1, 0.15) is 34.6 Å². The van der Waals surface area contributed by atoms with E-state index in [2.05, 4.69) is 10.3 Å². The maximum absolute atomic E-state index is 12.1. The number of nitrogens with one attached hydrogen (secondary N) is 1. The highest BCUT2D eigenvalue weighted by Gasteiger charge is 2.12. The molecule has 0 saturated heterocycles. The Labute approximate surface area is 112 Å². The smallest absolute Gasteiger partial charge is 0.251 e. The number of rotatable bonds is 3. The van der Waals surface area contributed by atoms with E-state index in [0.29, 0.717) is 11.3 Å². The number of amides is 1. The second-order valence-electron chi connectivity index (χ2n) is 4.58. The predicted octanol–water partition coefficient (Wildman–Crippen LogP) is 2.46. The number of carbonyl (C=O) groups is 1. The zero-order valence-corrected chi connectivity index (χ0v) is 11.1. The van der Waals surface area contributed by atoms with Crippen molar-refractivity contribution >= 4 is 11.6 Å². The van der Waals surface area contributed by atoms with Gasteiger partial charge >= 0.3 is 0 Å². The lowest BCUT2D eigenvalue weighted by Gasteiger charge is -2.13. The van der Waals surface area contributed by atoms with Crippen LogP contribution in [0.25, 0.3) is 0 Å². The van der Waals surface area contributed by atoms with Gasteiger partial charge in [0.25, 0.3) is 5.91 Å². The van der Waals surface area contributed by atoms with Crippen LogP contribution < -0.4 is 11.1 Å². The van der Waals surface area contributed by atoms with Crippen molar-refractivity contribution in [1.82, 2.24) is 10.3 Å². The molecule has 0 fully saturated rings. The van der Waals surface area contributed by atoms with Crippen LogP contribution in [-0.2, 0) is 0 Å². The van der Waals surface area contributed by atoms with Gasteiger partial charge in [-0.2, -0.15) is 0 Å². The largest absolute Gasteiger partial charge is 0.399 e. The molecule has 0 aliphatic carbocycles. The summed E-state index contributed by atoms with van der Waals surface area (Å²) in [5.74, 6) is -0.145. The van der Waals surface area contributed by atoms with Gasteiger partial charge in [0.15, 0.2) is 0 Å². The first-order valence-electron chi connectivity index (χ1n) is 6.15. The van der Waals surface area contributed by atoms with Crippen molar-refractivity contribution in [3.63, 3.8) is 0 Å². The van der Waals surface area contributed by atoms with Crippen LogP contribution in [0.4, 0.5) is 5.69 Å². The Hall–Kier alpha value is -2.36. The predicted molar refractivity (Wildman–Crippen MR) is 75.7 cm³/mol. The van der Waals surface area contributed by atoms with Crippen LogP contribution in [0, 0.1) is 6.92 Å². The number of nitrogens with zero attached hydrogens (tertiary/aromatic N) is 1. The van der Waals surface area contributed by atoms with Crippen molar-refractivity contribution in [3.05, 3.63) is 59.4 Å². The van der Waals surface area contributed by atoms with Crippen LogP contribution in [0.2, 0.25) is 0 Å². The van der Waals surface area contributed by atoms with Crippen molar-refractivity contribution < 1.29 is 4.79 Å². The molecule has 98 valence electrons. The monoisotopic (exact) mass is 255 g/mol. The first-order valence-corrected chi connectivity index (χ1v) is 6.15. The molecule has 3 N–H and O–H groups in total. The molecule has 1 atom stereocenters. The molecule has 19 heavy (non-hydrogen) atoms. The van der Waals surface area contributed by atoms with E-state index in [9.17, 15) is 4.79 Å². The standard InChI is InChI=1S/C15H17N3O/c1-10-7-12(9-13(16)8-10)15(19)18-11(2)14-5-3-4-6-17-14/h3-9,11H,16H2,1-2H3,(H,18,19). The molecular formula is C15H17N3O. The van der Waals surface area contributed by atoms with Gasteiger partial charge in [-0.3, -0.25) is 9.78 Å². The Morgan fingerprint density at radius 1 is 1.32 bits per heavy atom. The summed E-state index contributed by atoms with van der Waals surface area (Å²) in [6.07, 6.45) is 1.71. The SMILES string of the molecule is Cc1cc(N)cc(C(=O)NC(C)c2ccccn2)c1. The fraction of sp³-hybridized carbons (Fsp3) is 0.200. The highest BCUT2D eigenvalue weighted by molar-refractivity contribution is 5.95. The van der Waals surface area contributed by atoms with E-state index in [1.165, 1.54) is 0 Å². The summed E-state index contributed by atoms with van der Waals surface area (Å²) in [4.78, 5) is 16.4. The zero-order valence-electron chi connectivity index (χ0n) is 11.1. The molecule has 4 heteroatoms. The number of nitrogen functional groups attached to an aromatic ring is 1. The van der Waals surface area contributed by atoms with Gasteiger partial charge in [-0.25, -0.2) is 0 Å². The van der Waals surface area contributed by atoms with Crippen LogP contribution >= 0.6 is 0 Å². The minimum absolute atomic E-state index is 0.143. The lowest BCUT2D eigenvalue weighted by atomic mass is 10.1. The lowest BCUT2D eigenvalue weighted by molar-refractivity contribution is 0.0939. The lowest BCUT2D eigenvalue weighted by Crippen LogP contribution is -2.27. The van der Waals surface area contributed by atoms with Gasteiger partial charge in [-0.15, -0.1) is 0 Å². The van der Waals surface area contributed by atoms with Crippen LogP contribution in [0.15, 0.2) is 42.6 Å². The number of hydrogen-bond donors (Lipinski definition) is 2. The fourth-order valence-electron chi connectivity index (χ4n) is 1.93. The molecule has 0 radical (unpaired) electrons. The number of hydrogen-bond acceptors (Lipinski definition) is 3. The Balaban J connectivity index is 2.13. The molecule has 1 amide bonds. The van der Waals surface area contributed by atoms with E-state index < -0.39 is 0 Å². The molecule has 0 saturated carbocycles. The number of aryl methyl sites for hydroxylation is 1. The molecule has 0 bridgehead atoms. The Morgan fingerprint density at radius 3 is 2.74 bits per heavy atom. The second-order valence-corrected chi connectivity index (χ2v) is 4.58. The Kier molecular flexibility index (Phi) is 3.80. The van der Waals surface area contributed by atoms with Gasteiger partial charge in [-0.1, -0.05) is 6.07 Å². The van der Waals surface area contributed by atoms with Crippen molar-refractivity contribution in [3.8, 4) is 0 Å². The van der Waals surface area contributed by atoms with Crippen LogP contribution in [-0.4, -0.2) is 10.9 Å². The Bertz CT molecular complexity index is 561. The maximum Gasteiger partial charge on any atom is 0.251 e. The van der Waals surface area contributed by atoms with E-state index in [1.807, 2.05) is 44.2 Å². The summed E-state index contributed by atoms with van der Waals surface area (Å²) in [7, 11) is 0. The maximum atomic E-state index is 12.1. The number of carbonyl (C=O) groups excluding carboxylic acids is 1. The first kappa shape index (κ1) is 13.1. The second kappa shape index (κ2) is 5.52. The summed E-state index contributed by atoms with van der Waals surface area (Å²) in [5, 5.41) is 2.91. The quantitative estimate of drug-likeness (QED) is 0.828. The highest BCUT2D eigenvalue weighted by atomic mass is 16.1. The van der Waals surface area contributed by atoms with Crippen molar-refractivity contribution in [2.45, 2.75) is 19.9 Å². The fourth-order valence-corrected chi connectivity index (χ4v) is 1.93. The normalized spacial score (nSPS) is 11.9. The van der Waals surface area contributed by atoms with Crippen molar-refractivity contribution in [2.75, 3.05) is 5.73 Å². The van der Waals surface area contributed by atoms with Gasteiger partial charge in [-0.05, 0) is 49.7 Å². The molecule has 2 rings (SSSR count). The van der Waals surface area contributed by atoms with Gasteiger partial charge in [0, 0.05) is 17.4 Å². The third-order valence-electron chi connectivity index (χ3n) is 2.84. The molecular weight excluding hydrogens is 238 g/mol. The molecule has 0 aliphatic heterocycles. The molecule has 1 aromatic carbocycles. The molecule has 1 unspecified atom stereocenters.